The van der Waals surface area contributed by atoms with Gasteiger partial charge in [0.25, 0.3) is 0 Å². The predicted octanol–water partition coefficient (Wildman–Crippen LogP) is 8.26. The van der Waals surface area contributed by atoms with Gasteiger partial charge in [-0.1, -0.05) is 70.1 Å². The van der Waals surface area contributed by atoms with Crippen molar-refractivity contribution in [1.29, 1.82) is 0 Å². The summed E-state index contributed by atoms with van der Waals surface area (Å²) in [4.78, 5) is 10.2. The van der Waals surface area contributed by atoms with Crippen molar-refractivity contribution in [2.45, 2.75) is 73.1 Å². The van der Waals surface area contributed by atoms with Gasteiger partial charge in [-0.2, -0.15) is 0 Å². The molecule has 0 fully saturated rings. The molecule has 5 nitrogen and oxygen atoms in total. The van der Waals surface area contributed by atoms with E-state index in [0.717, 1.165) is 18.7 Å². The molecule has 0 aromatic rings. The van der Waals surface area contributed by atoms with E-state index in [4.69, 9.17) is 9.47 Å². The molecule has 0 rings (SSSR count). The Hall–Kier alpha value is 3.93. The van der Waals surface area contributed by atoms with E-state index in [-0.39, 0.29) is 49.5 Å². The van der Waals surface area contributed by atoms with Gasteiger partial charge in [0.15, 0.2) is 0 Å². The normalized spacial score (nSPS) is 10.3. The van der Waals surface area contributed by atoms with E-state index >= 15 is 0 Å². The van der Waals surface area contributed by atoms with Gasteiger partial charge in [-0.05, 0) is 19.0 Å². The van der Waals surface area contributed by atoms with Gasteiger partial charge in [0.05, 0.1) is 25.5 Å². The van der Waals surface area contributed by atoms with Crippen LogP contribution >= 0.6 is 99.8 Å². The molecule has 0 radical (unpaired) electrons. The van der Waals surface area contributed by atoms with E-state index in [9.17, 15) is 4.79 Å². The second kappa shape index (κ2) is 32.0. The third-order valence-corrected chi connectivity index (χ3v) is 6.67. The van der Waals surface area contributed by atoms with Crippen LogP contribution in [0.4, 0.5) is 0 Å². The van der Waals surface area contributed by atoms with Crippen molar-refractivity contribution >= 4 is 122 Å². The summed E-state index contributed by atoms with van der Waals surface area (Å²) in [5, 5.41) is 5.96. The van der Waals surface area contributed by atoms with E-state index in [1.807, 2.05) is 0 Å². The number of carbonyl (C=O) groups is 1. The van der Waals surface area contributed by atoms with Crippen molar-refractivity contribution in [2.24, 2.45) is 0 Å². The minimum atomic E-state index is -0.959. The molecule has 196 valence electrons. The Morgan fingerprint density at radius 3 is 1.45 bits per heavy atom. The first-order valence-electron chi connectivity index (χ1n) is 9.11. The minimum absolute atomic E-state index is 0. The number of nitrogens with one attached hydrogen (secondary N) is 2. The number of alkyl halides is 1. The molecule has 0 aliphatic heterocycles. The molecular weight excluding hydrogens is 987 g/mol. The number of ether oxygens (including phenoxy) is 2. The number of hydrogen-bond donors (Lipinski definition) is 2. The summed E-state index contributed by atoms with van der Waals surface area (Å²) in [6, 6.07) is 2.42. The Morgan fingerprint density at radius 2 is 1.19 bits per heavy atom. The van der Waals surface area contributed by atoms with Crippen LogP contribution in [0.5, 0.6) is 0 Å². The van der Waals surface area contributed by atoms with Gasteiger partial charge in [0.1, 0.15) is 5.78 Å². The van der Waals surface area contributed by atoms with Crippen molar-refractivity contribution < 1.29 is 19.2 Å². The molecule has 0 aliphatic rings. The molecular formula is C18H48BrI4N2O3Si2V. The van der Waals surface area contributed by atoms with Crippen LogP contribution in [0.25, 0.3) is 0 Å². The van der Waals surface area contributed by atoms with Crippen LogP contribution in [0.15, 0.2) is 0 Å². The molecule has 13 heteroatoms. The van der Waals surface area contributed by atoms with Crippen molar-refractivity contribution in [2.75, 3.05) is 38.7 Å². The third-order valence-electron chi connectivity index (χ3n) is 2.87. The van der Waals surface area contributed by atoms with Crippen LogP contribution in [-0.4, -0.2) is 60.6 Å². The molecule has 0 aromatic carbocycles. The Labute approximate surface area is 259 Å². The van der Waals surface area contributed by atoms with Gasteiger partial charge in [-0.3, -0.25) is 15.4 Å². The number of rotatable bonds is 13. The maximum atomic E-state index is 10.5. The quantitative estimate of drug-likeness (QED) is 0.0487. The van der Waals surface area contributed by atoms with Crippen LogP contribution in [-0.2, 0) is 19.2 Å². The second-order valence-corrected chi connectivity index (χ2v) is 55.6. The zero-order chi connectivity index (χ0) is 22.6. The fourth-order valence-corrected chi connectivity index (χ4v) is 2.99. The monoisotopic (exact) mass is 1030 g/mol. The summed E-state index contributed by atoms with van der Waals surface area (Å²) in [6.07, 6.45) is 0. The summed E-state index contributed by atoms with van der Waals surface area (Å²) in [5.41, 5.74) is 0.806. The maximum absolute atomic E-state index is 10.5. The molecule has 0 aromatic heterocycles. The van der Waals surface area contributed by atoms with E-state index in [1.165, 1.54) is 12.1 Å². The number of Topliss-reactive ketones (excluding diaryl/α,β-unsaturated/α-hetero) is 1. The molecule has 31 heavy (non-hydrogen) atoms. The Bertz CT molecular complexity index is 367. The van der Waals surface area contributed by atoms with Gasteiger partial charge in [-0.25, -0.2) is 0 Å². The summed E-state index contributed by atoms with van der Waals surface area (Å²) >= 11 is 10.6. The van der Waals surface area contributed by atoms with Crippen LogP contribution in [0.3, 0.4) is 0 Å². The fourth-order valence-electron chi connectivity index (χ4n) is 1.31. The van der Waals surface area contributed by atoms with Crippen LogP contribution in [0.2, 0.25) is 51.4 Å². The third kappa shape index (κ3) is 71.9. The van der Waals surface area contributed by atoms with Crippen molar-refractivity contribution in [3.63, 3.8) is 0 Å². The summed E-state index contributed by atoms with van der Waals surface area (Å²) in [5.74, 6) is 0.147. The average molecular weight is 1040 g/mol. The van der Waals surface area contributed by atoms with Gasteiger partial charge in [-0.15, -0.1) is 24.0 Å². The molecule has 0 saturated heterocycles. The van der Waals surface area contributed by atoms with E-state index in [0.29, 0.717) is 20.0 Å². The van der Waals surface area contributed by atoms with Crippen molar-refractivity contribution in [3.05, 3.63) is 0 Å². The number of hydrogen-bond acceptors (Lipinski definition) is 5. The van der Waals surface area contributed by atoms with Crippen molar-refractivity contribution in [3.8, 4) is 0 Å². The Balaban J connectivity index is -0.0000000799. The molecule has 0 amide bonds. The first-order valence-corrected chi connectivity index (χ1v) is 31.2. The molecule has 0 aliphatic carbocycles. The van der Waals surface area contributed by atoms with Crippen LogP contribution in [0.1, 0.15) is 21.8 Å². The fraction of sp³-hybridized carbons (Fsp3) is 0.944. The van der Waals surface area contributed by atoms with Crippen LogP contribution in [0, 0.1) is 0 Å². The second-order valence-electron chi connectivity index (χ2n) is 8.43. The molecule has 0 atom stereocenters. The SMILES string of the molecule is C.C.CC(=O)CNCOCC[Si](C)(C)C.C[Si](C)(C)CCOCNCBr.I.[I][V]([I])[I]. The molecule has 2 N–H and O–H groups in total. The van der Waals surface area contributed by atoms with Crippen molar-refractivity contribution in [1.82, 2.24) is 10.6 Å². The molecule has 0 unspecified atom stereocenters. The summed E-state index contributed by atoms with van der Waals surface area (Å²) in [6.45, 7) is 18.9. The molecule has 0 bridgehead atoms. The number of halogens is 5. The van der Waals surface area contributed by atoms with Gasteiger partial charge in [0, 0.05) is 29.4 Å². The topological polar surface area (TPSA) is 59.6 Å². The summed E-state index contributed by atoms with van der Waals surface area (Å²) < 4.78 is 10.7. The first kappa shape index (κ1) is 48.0. The Kier molecular flexibility index (Phi) is 49.5. The van der Waals surface area contributed by atoms with E-state index < -0.39 is 16.1 Å². The zero-order valence-corrected chi connectivity index (χ0v) is 32.5. The van der Waals surface area contributed by atoms with Gasteiger partial charge < -0.3 is 9.47 Å². The van der Waals surface area contributed by atoms with E-state index in [1.54, 1.807) is 6.92 Å². The Morgan fingerprint density at radius 1 is 0.871 bits per heavy atom. The first-order chi connectivity index (χ1) is 12.7. The molecule has 0 heterocycles. The summed E-state index contributed by atoms with van der Waals surface area (Å²) in [7, 11) is -1.84. The molecule has 0 saturated carbocycles. The van der Waals surface area contributed by atoms with Gasteiger partial charge in [0.2, 0.25) is 0 Å². The van der Waals surface area contributed by atoms with Crippen LogP contribution < -0.4 is 10.6 Å². The number of carbonyl (C=O) groups excluding carboxylic acids is 1. The molecule has 0 spiro atoms. The average Bonchev–Trinajstić information content (AvgIpc) is 2.48. The van der Waals surface area contributed by atoms with Gasteiger partial charge >= 0.3 is 64.9 Å². The van der Waals surface area contributed by atoms with E-state index in [2.05, 4.69) is 126 Å². The predicted molar refractivity (Wildman–Crippen MR) is 184 cm³/mol. The standard InChI is InChI=1S/C9H21NO2Si.C7H18BrNOSi.2CH4.4HI.V/c1-9(11)7-10-8-12-5-6-13(2,3)4;1-11(2,3)5-4-10-7-9-6-8;;;;;;;/h10H,5-8H2,1-4H3;9H,4-7H2,1-3H3;2*1H4;4*1H;/q;;;;;;;;+3/p-3. The zero-order valence-electron chi connectivity index (χ0n) is 18.7. The number of ketones is 1.